The highest BCUT2D eigenvalue weighted by atomic mass is 32.2. The fourth-order valence-electron chi connectivity index (χ4n) is 2.97. The van der Waals surface area contributed by atoms with E-state index in [0.717, 1.165) is 3.97 Å². The summed E-state index contributed by atoms with van der Waals surface area (Å²) in [7, 11) is -7.81. The van der Waals surface area contributed by atoms with Crippen LogP contribution in [0.2, 0.25) is 0 Å². The van der Waals surface area contributed by atoms with Crippen molar-refractivity contribution in [2.45, 2.75) is 14.7 Å². The van der Waals surface area contributed by atoms with Crippen LogP contribution in [0.3, 0.4) is 0 Å². The van der Waals surface area contributed by atoms with Gasteiger partial charge in [-0.3, -0.25) is 0 Å². The van der Waals surface area contributed by atoms with Crippen LogP contribution in [0.15, 0.2) is 106 Å². The van der Waals surface area contributed by atoms with Crippen molar-refractivity contribution < 1.29 is 16.8 Å². The average Bonchev–Trinajstić information content (AvgIpc) is 3.11. The molecule has 0 saturated heterocycles. The maximum atomic E-state index is 13.1. The Kier molecular flexibility index (Phi) is 4.13. The number of rotatable bonds is 4. The number of aromatic nitrogens is 1. The molecular weight excluding hydrogens is 382 g/mol. The van der Waals surface area contributed by atoms with E-state index in [4.69, 9.17) is 0 Å². The van der Waals surface area contributed by atoms with Gasteiger partial charge in [0.05, 0.1) is 20.2 Å². The minimum Gasteiger partial charge on any atom is -0.240 e. The molecule has 0 radical (unpaired) electrons. The zero-order valence-electron chi connectivity index (χ0n) is 14.1. The van der Waals surface area contributed by atoms with Crippen LogP contribution in [0, 0.1) is 0 Å². The van der Waals surface area contributed by atoms with Gasteiger partial charge in [0.2, 0.25) is 9.84 Å². The Morgan fingerprint density at radius 3 is 1.74 bits per heavy atom. The largest absolute Gasteiger partial charge is 0.268 e. The van der Waals surface area contributed by atoms with E-state index < -0.39 is 19.9 Å². The third-order valence-electron chi connectivity index (χ3n) is 4.28. The first kappa shape index (κ1) is 17.5. The quantitative estimate of drug-likeness (QED) is 0.526. The summed E-state index contributed by atoms with van der Waals surface area (Å²) in [5.74, 6) is 0. The van der Waals surface area contributed by atoms with Gasteiger partial charge in [-0.15, -0.1) is 0 Å². The van der Waals surface area contributed by atoms with Gasteiger partial charge < -0.3 is 0 Å². The summed E-state index contributed by atoms with van der Waals surface area (Å²) in [5, 5.41) is 0.362. The lowest BCUT2D eigenvalue weighted by Crippen LogP contribution is -2.11. The standard InChI is InChI=1S/C20H15NO4S2/c22-26(23,16-9-3-1-4-10-16)20-15-21(19-14-8-7-13-18(19)20)27(24,25)17-11-5-2-6-12-17/h1-15H. The molecule has 0 aliphatic rings. The molecule has 7 heteroatoms. The number of hydrogen-bond donors (Lipinski definition) is 0. The average molecular weight is 397 g/mol. The number of sulfone groups is 1. The normalized spacial score (nSPS) is 12.3. The molecule has 0 amide bonds. The van der Waals surface area contributed by atoms with Gasteiger partial charge in [0.1, 0.15) is 0 Å². The topological polar surface area (TPSA) is 73.2 Å². The second kappa shape index (κ2) is 6.37. The predicted octanol–water partition coefficient (Wildman–Crippen LogP) is 3.71. The molecule has 0 spiro atoms. The summed E-state index contributed by atoms with van der Waals surface area (Å²) < 4.78 is 53.5. The molecule has 0 unspecified atom stereocenters. The van der Waals surface area contributed by atoms with Gasteiger partial charge in [0.15, 0.2) is 0 Å². The Morgan fingerprint density at radius 2 is 1.11 bits per heavy atom. The molecule has 0 N–H and O–H groups in total. The summed E-state index contributed by atoms with van der Waals surface area (Å²) in [6.45, 7) is 0. The fraction of sp³-hybridized carbons (Fsp3) is 0. The minimum atomic E-state index is -3.93. The second-order valence-electron chi connectivity index (χ2n) is 5.94. The minimum absolute atomic E-state index is 0.0381. The molecule has 0 fully saturated rings. The van der Waals surface area contributed by atoms with Crippen LogP contribution in [0.5, 0.6) is 0 Å². The lowest BCUT2D eigenvalue weighted by Gasteiger charge is -2.07. The van der Waals surface area contributed by atoms with Crippen molar-refractivity contribution in [3.05, 3.63) is 91.1 Å². The zero-order chi connectivity index (χ0) is 19.1. The molecule has 0 aliphatic carbocycles. The van der Waals surface area contributed by atoms with Crippen LogP contribution in [-0.2, 0) is 19.9 Å². The van der Waals surface area contributed by atoms with Crippen LogP contribution in [0.1, 0.15) is 0 Å². The smallest absolute Gasteiger partial charge is 0.240 e. The molecule has 0 bridgehead atoms. The number of hydrogen-bond acceptors (Lipinski definition) is 4. The van der Waals surface area contributed by atoms with Crippen molar-refractivity contribution in [3.63, 3.8) is 0 Å². The van der Waals surface area contributed by atoms with Crippen molar-refractivity contribution >= 4 is 30.8 Å². The molecular formula is C20H15NO4S2. The molecule has 1 heterocycles. The highest BCUT2D eigenvalue weighted by molar-refractivity contribution is 7.92. The Hall–Kier alpha value is -2.90. The maximum Gasteiger partial charge on any atom is 0.268 e. The second-order valence-corrected chi connectivity index (χ2v) is 9.67. The van der Waals surface area contributed by atoms with E-state index in [-0.39, 0.29) is 14.7 Å². The summed E-state index contributed by atoms with van der Waals surface area (Å²) in [4.78, 5) is 0.170. The van der Waals surface area contributed by atoms with Gasteiger partial charge in [0, 0.05) is 11.6 Å². The van der Waals surface area contributed by atoms with Crippen molar-refractivity contribution in [1.82, 2.24) is 3.97 Å². The number of benzene rings is 3. The summed E-state index contributed by atoms with van der Waals surface area (Å²) in [6.07, 6.45) is 1.19. The number of para-hydroxylation sites is 1. The van der Waals surface area contributed by atoms with Gasteiger partial charge in [-0.1, -0.05) is 54.6 Å². The Morgan fingerprint density at radius 1 is 0.593 bits per heavy atom. The molecule has 1 aromatic heterocycles. The van der Waals surface area contributed by atoms with Gasteiger partial charge in [-0.2, -0.15) is 0 Å². The van der Waals surface area contributed by atoms with E-state index in [2.05, 4.69) is 0 Å². The fourth-order valence-corrected chi connectivity index (χ4v) is 5.90. The zero-order valence-corrected chi connectivity index (χ0v) is 15.7. The first-order chi connectivity index (χ1) is 12.9. The third-order valence-corrected chi connectivity index (χ3v) is 7.77. The Bertz CT molecular complexity index is 1220. The van der Waals surface area contributed by atoms with Crippen molar-refractivity contribution in [1.29, 1.82) is 0 Å². The molecule has 4 aromatic rings. The van der Waals surface area contributed by atoms with Crippen molar-refractivity contribution in [2.24, 2.45) is 0 Å². The summed E-state index contributed by atoms with van der Waals surface area (Å²) >= 11 is 0. The maximum absolute atomic E-state index is 13.1. The van der Waals surface area contributed by atoms with E-state index >= 15 is 0 Å². The van der Waals surface area contributed by atoms with E-state index in [9.17, 15) is 16.8 Å². The van der Waals surface area contributed by atoms with E-state index in [1.165, 1.54) is 30.5 Å². The molecule has 27 heavy (non-hydrogen) atoms. The van der Waals surface area contributed by atoms with Gasteiger partial charge in [0.25, 0.3) is 10.0 Å². The first-order valence-electron chi connectivity index (χ1n) is 8.13. The van der Waals surface area contributed by atoms with E-state index in [1.807, 2.05) is 0 Å². The van der Waals surface area contributed by atoms with Crippen LogP contribution >= 0.6 is 0 Å². The third kappa shape index (κ3) is 2.85. The van der Waals surface area contributed by atoms with Gasteiger partial charge in [-0.05, 0) is 30.3 Å². The van der Waals surface area contributed by atoms with Crippen molar-refractivity contribution in [2.75, 3.05) is 0 Å². The lowest BCUT2D eigenvalue weighted by atomic mass is 10.2. The molecule has 0 aliphatic heterocycles. The van der Waals surface area contributed by atoms with E-state index in [0.29, 0.717) is 10.9 Å². The van der Waals surface area contributed by atoms with Gasteiger partial charge >= 0.3 is 0 Å². The Balaban J connectivity index is 2.02. The number of fused-ring (bicyclic) bond motifs is 1. The monoisotopic (exact) mass is 397 g/mol. The van der Waals surface area contributed by atoms with Crippen LogP contribution in [0.25, 0.3) is 10.9 Å². The van der Waals surface area contributed by atoms with E-state index in [1.54, 1.807) is 60.7 Å². The van der Waals surface area contributed by atoms with Crippen LogP contribution in [-0.4, -0.2) is 20.8 Å². The molecule has 0 saturated carbocycles. The SMILES string of the molecule is O=S(=O)(c1ccccc1)c1cn(S(=O)(=O)c2ccccc2)c2ccccc12. The summed E-state index contributed by atoms with van der Waals surface area (Å²) in [5.41, 5.74) is 0.316. The molecule has 0 atom stereocenters. The molecule has 136 valence electrons. The number of nitrogens with zero attached hydrogens (tertiary/aromatic N) is 1. The molecule has 4 rings (SSSR count). The predicted molar refractivity (Wildman–Crippen MR) is 103 cm³/mol. The van der Waals surface area contributed by atoms with Crippen LogP contribution in [0.4, 0.5) is 0 Å². The highest BCUT2D eigenvalue weighted by Crippen LogP contribution is 2.32. The first-order valence-corrected chi connectivity index (χ1v) is 11.1. The summed E-state index contributed by atoms with van der Waals surface area (Å²) in [6, 6.07) is 22.5. The highest BCUT2D eigenvalue weighted by Gasteiger charge is 2.27. The lowest BCUT2D eigenvalue weighted by molar-refractivity contribution is 0.588. The van der Waals surface area contributed by atoms with Crippen LogP contribution < -0.4 is 0 Å². The Labute approximate surface area is 157 Å². The molecule has 5 nitrogen and oxygen atoms in total. The van der Waals surface area contributed by atoms with Crippen molar-refractivity contribution in [3.8, 4) is 0 Å². The van der Waals surface area contributed by atoms with Gasteiger partial charge in [-0.25, -0.2) is 20.8 Å². The molecule has 3 aromatic carbocycles.